The third kappa shape index (κ3) is 4.84. The lowest BCUT2D eigenvalue weighted by Crippen LogP contribution is -2.24. The van der Waals surface area contributed by atoms with Crippen LogP contribution in [-0.2, 0) is 14.9 Å². The minimum atomic E-state index is -4.02. The zero-order valence-electron chi connectivity index (χ0n) is 17.3. The minimum absolute atomic E-state index is 0.0586. The van der Waals surface area contributed by atoms with Gasteiger partial charge >= 0.3 is 10.1 Å². The van der Waals surface area contributed by atoms with Gasteiger partial charge in [0.15, 0.2) is 10.9 Å². The van der Waals surface area contributed by atoms with E-state index in [2.05, 4.69) is 15.5 Å². The van der Waals surface area contributed by atoms with Gasteiger partial charge in [0.1, 0.15) is 4.90 Å². The maximum atomic E-state index is 12.8. The zero-order valence-corrected chi connectivity index (χ0v) is 18.9. The Morgan fingerprint density at radius 2 is 1.81 bits per heavy atom. The maximum absolute atomic E-state index is 12.8. The maximum Gasteiger partial charge on any atom is 0.339 e. The fraction of sp³-hybridized carbons (Fsp3) is 0.174. The van der Waals surface area contributed by atoms with Crippen LogP contribution in [0.2, 0.25) is 0 Å². The predicted octanol–water partition coefficient (Wildman–Crippen LogP) is 4.33. The molecule has 1 aliphatic rings. The molecule has 0 radical (unpaired) electrons. The highest BCUT2D eigenvalue weighted by Gasteiger charge is 2.29. The molecule has 1 N–H and O–H groups in total. The molecule has 0 aliphatic carbocycles. The Kier molecular flexibility index (Phi) is 6.57. The van der Waals surface area contributed by atoms with Gasteiger partial charge in [-0.3, -0.25) is 4.79 Å². The minimum Gasteiger partial charge on any atom is -0.378 e. The molecule has 32 heavy (non-hydrogen) atoms. The van der Waals surface area contributed by atoms with E-state index >= 15 is 0 Å². The van der Waals surface area contributed by atoms with E-state index in [0.29, 0.717) is 10.7 Å². The number of amidine groups is 1. The summed E-state index contributed by atoms with van der Waals surface area (Å²) in [7, 11) is -4.02. The second kappa shape index (κ2) is 9.54. The quantitative estimate of drug-likeness (QED) is 0.317. The van der Waals surface area contributed by atoms with Crippen LogP contribution in [0.3, 0.4) is 0 Å². The van der Waals surface area contributed by atoms with Crippen LogP contribution in [0, 0.1) is 0 Å². The average molecular weight is 468 g/mol. The van der Waals surface area contributed by atoms with Crippen molar-refractivity contribution >= 4 is 49.9 Å². The fourth-order valence-corrected chi connectivity index (χ4v) is 5.29. The Morgan fingerprint density at radius 3 is 2.59 bits per heavy atom. The number of hydrogen-bond acceptors (Lipinski definition) is 7. The van der Waals surface area contributed by atoms with Crippen LogP contribution in [0.25, 0.3) is 10.8 Å². The molecule has 1 saturated heterocycles. The van der Waals surface area contributed by atoms with Gasteiger partial charge in [0.05, 0.1) is 11.5 Å². The lowest BCUT2D eigenvalue weighted by atomic mass is 10.0. The van der Waals surface area contributed by atoms with E-state index in [0.717, 1.165) is 23.6 Å². The molecule has 0 bridgehead atoms. The van der Waals surface area contributed by atoms with E-state index in [4.69, 9.17) is 4.18 Å². The van der Waals surface area contributed by atoms with Gasteiger partial charge in [0, 0.05) is 5.56 Å². The molecule has 0 spiro atoms. The topological polar surface area (TPSA) is 97.2 Å². The third-order valence-electron chi connectivity index (χ3n) is 4.82. The summed E-state index contributed by atoms with van der Waals surface area (Å²) in [5, 5.41) is 12.9. The molecule has 3 aromatic rings. The molecule has 1 heterocycles. The number of amides is 1. The summed E-state index contributed by atoms with van der Waals surface area (Å²) >= 11 is 1.34. The number of hydrogen-bond donors (Lipinski definition) is 1. The van der Waals surface area contributed by atoms with E-state index < -0.39 is 10.1 Å². The lowest BCUT2D eigenvalue weighted by molar-refractivity contribution is -0.118. The van der Waals surface area contributed by atoms with E-state index in [1.165, 1.54) is 30.1 Å². The van der Waals surface area contributed by atoms with Crippen LogP contribution in [0.5, 0.6) is 5.75 Å². The summed E-state index contributed by atoms with van der Waals surface area (Å²) < 4.78 is 31.0. The molecule has 4 rings (SSSR count). The predicted molar refractivity (Wildman–Crippen MR) is 128 cm³/mol. The molecule has 1 amide bonds. The highest BCUT2D eigenvalue weighted by molar-refractivity contribution is 8.15. The monoisotopic (exact) mass is 467 g/mol. The first-order chi connectivity index (χ1) is 15.5. The Labute approximate surface area is 190 Å². The summed E-state index contributed by atoms with van der Waals surface area (Å²) in [5.74, 6) is 0.0670. The van der Waals surface area contributed by atoms with Crippen molar-refractivity contribution < 1.29 is 17.4 Å². The van der Waals surface area contributed by atoms with Gasteiger partial charge in [0.25, 0.3) is 0 Å². The largest absolute Gasteiger partial charge is 0.378 e. The highest BCUT2D eigenvalue weighted by Crippen LogP contribution is 2.29. The van der Waals surface area contributed by atoms with E-state index in [1.807, 2.05) is 31.2 Å². The van der Waals surface area contributed by atoms with Crippen LogP contribution < -0.4 is 9.50 Å². The van der Waals surface area contributed by atoms with Crippen LogP contribution in [-0.4, -0.2) is 31.0 Å². The Morgan fingerprint density at radius 1 is 1.06 bits per heavy atom. The zero-order chi connectivity index (χ0) is 22.6. The summed E-state index contributed by atoms with van der Waals surface area (Å²) in [6.45, 7) is 2.02. The SMILES string of the molecule is CCC[C@@H]1S/C(=N\N=C/c2c(OS(=O)(=O)c3ccccc3)ccc3ccccc23)NC1=O. The Balaban J connectivity index is 1.68. The fourth-order valence-electron chi connectivity index (χ4n) is 3.28. The first kappa shape index (κ1) is 22.0. The smallest absolute Gasteiger partial charge is 0.339 e. The van der Waals surface area contributed by atoms with Crippen molar-refractivity contribution in [3.05, 3.63) is 72.3 Å². The molecule has 3 aromatic carbocycles. The van der Waals surface area contributed by atoms with Crippen LogP contribution in [0.15, 0.2) is 81.8 Å². The first-order valence-electron chi connectivity index (χ1n) is 10.1. The number of nitrogens with one attached hydrogen (secondary N) is 1. The van der Waals surface area contributed by atoms with Crippen LogP contribution >= 0.6 is 11.8 Å². The molecule has 1 atom stereocenters. The number of carbonyl (C=O) groups excluding carboxylic acids is 1. The third-order valence-corrected chi connectivity index (χ3v) is 7.21. The molecule has 0 saturated carbocycles. The molecule has 0 unspecified atom stereocenters. The van der Waals surface area contributed by atoms with Crippen molar-refractivity contribution in [3.63, 3.8) is 0 Å². The lowest BCUT2D eigenvalue weighted by Gasteiger charge is -2.11. The molecule has 1 fully saturated rings. The standard InChI is InChI=1S/C23H21N3O4S2/c1-2-8-21-22(27)25-23(31-21)26-24-15-19-18-12-7-6-9-16(18)13-14-20(19)30-32(28,29)17-10-4-3-5-11-17/h3-7,9-15,21H,2,8H2,1H3,(H,25,26,27)/b24-15-/t21-/m0/s1. The first-order valence-corrected chi connectivity index (χ1v) is 12.4. The van der Waals surface area contributed by atoms with Crippen LogP contribution in [0.4, 0.5) is 0 Å². The molecule has 9 heteroatoms. The molecule has 7 nitrogen and oxygen atoms in total. The van der Waals surface area contributed by atoms with Gasteiger partial charge in [-0.2, -0.15) is 13.5 Å². The van der Waals surface area contributed by atoms with Crippen molar-refractivity contribution in [2.75, 3.05) is 0 Å². The molecule has 164 valence electrons. The van der Waals surface area contributed by atoms with Crippen molar-refractivity contribution in [3.8, 4) is 5.75 Å². The van der Waals surface area contributed by atoms with Gasteiger partial charge < -0.3 is 9.50 Å². The second-order valence-electron chi connectivity index (χ2n) is 7.08. The summed E-state index contributed by atoms with van der Waals surface area (Å²) in [6.07, 6.45) is 3.11. The van der Waals surface area contributed by atoms with Crippen molar-refractivity contribution in [2.24, 2.45) is 10.2 Å². The Bertz CT molecular complexity index is 1310. The average Bonchev–Trinajstić information content (AvgIpc) is 3.15. The van der Waals surface area contributed by atoms with E-state index in [-0.39, 0.29) is 21.8 Å². The molecule has 1 aliphatic heterocycles. The molecular weight excluding hydrogens is 446 g/mol. The highest BCUT2D eigenvalue weighted by atomic mass is 32.2. The van der Waals surface area contributed by atoms with Gasteiger partial charge in [-0.1, -0.05) is 73.6 Å². The van der Waals surface area contributed by atoms with Gasteiger partial charge in [-0.05, 0) is 35.4 Å². The van der Waals surface area contributed by atoms with Gasteiger partial charge in [0.2, 0.25) is 5.91 Å². The number of nitrogens with zero attached hydrogens (tertiary/aromatic N) is 2. The molecule has 0 aromatic heterocycles. The summed E-state index contributed by atoms with van der Waals surface area (Å²) in [5.41, 5.74) is 0.478. The van der Waals surface area contributed by atoms with Crippen LogP contribution in [0.1, 0.15) is 25.3 Å². The van der Waals surface area contributed by atoms with Crippen molar-refractivity contribution in [1.29, 1.82) is 0 Å². The second-order valence-corrected chi connectivity index (χ2v) is 9.82. The normalized spacial score (nSPS) is 17.8. The van der Waals surface area contributed by atoms with Gasteiger partial charge in [-0.15, -0.1) is 5.10 Å². The number of thioether (sulfide) groups is 1. The summed E-state index contributed by atoms with van der Waals surface area (Å²) in [6, 6.07) is 18.8. The van der Waals surface area contributed by atoms with E-state index in [9.17, 15) is 13.2 Å². The number of carbonyl (C=O) groups is 1. The van der Waals surface area contributed by atoms with E-state index in [1.54, 1.807) is 30.3 Å². The summed E-state index contributed by atoms with van der Waals surface area (Å²) in [4.78, 5) is 12.0. The van der Waals surface area contributed by atoms with Crippen molar-refractivity contribution in [2.45, 2.75) is 29.9 Å². The number of rotatable bonds is 7. The van der Waals surface area contributed by atoms with Gasteiger partial charge in [-0.25, -0.2) is 0 Å². The number of benzene rings is 3. The molecular formula is C23H21N3O4S2. The number of fused-ring (bicyclic) bond motifs is 1. The van der Waals surface area contributed by atoms with Crippen molar-refractivity contribution in [1.82, 2.24) is 5.32 Å². The Hall–Kier alpha value is -3.17.